The van der Waals surface area contributed by atoms with E-state index < -0.39 is 24.3 Å². The van der Waals surface area contributed by atoms with E-state index in [0.29, 0.717) is 17.4 Å². The monoisotopic (exact) mass is 1070 g/mol. The zero-order chi connectivity index (χ0) is 56.2. The SMILES string of the molecule is CC/C=C\C/C=C\C/C=C\C/C=C\C/C=C\CCCCCCCC(=O)OC(COC(=O)CCCCCCCCCCCCCCCCCCCC/C=C\C/C=C\C/C=C\C/C=C\CC)COC(OCC[N+](C)(C)C)C(=O)[O-]. The molecule has 2 atom stereocenters. The summed E-state index contributed by atoms with van der Waals surface area (Å²) in [5.41, 5.74) is 0. The molecule has 0 amide bonds. The van der Waals surface area contributed by atoms with E-state index in [1.165, 1.54) is 103 Å². The Morgan fingerprint density at radius 2 is 0.701 bits per heavy atom. The minimum Gasteiger partial charge on any atom is -0.545 e. The number of unbranched alkanes of at least 4 members (excludes halogenated alkanes) is 23. The minimum absolute atomic E-state index is 0.139. The number of ether oxygens (including phenoxy) is 4. The van der Waals surface area contributed by atoms with Gasteiger partial charge in [0.1, 0.15) is 13.2 Å². The molecular formula is C68H115NO8. The number of allylic oxidation sites excluding steroid dienone is 18. The van der Waals surface area contributed by atoms with Crippen LogP contribution in [0, 0.1) is 0 Å². The Morgan fingerprint density at radius 1 is 0.390 bits per heavy atom. The Hall–Kier alpha value is -4.05. The molecule has 0 spiro atoms. The standard InChI is InChI=1S/C68H115NO8/c1-6-8-10-12-14-16-18-20-22-24-26-28-29-30-31-32-33-34-35-36-37-39-40-42-44-46-48-50-52-54-56-58-65(70)75-62-64(63-76-68(67(72)73)74-61-60-69(3,4)5)77-66(71)59-57-55-53-51-49-47-45-43-41-38-27-25-23-21-19-17-15-13-11-9-7-2/h8-11,14-17,20-23,26-28,38,43,45,64,68H,6-7,12-13,18-19,24-25,29-37,39-42,44,46-63H2,1-5H3/b10-8-,11-9-,16-14-,17-15-,22-20-,23-21-,28-26-,38-27-,45-43-. The Morgan fingerprint density at radius 3 is 1.04 bits per heavy atom. The maximum atomic E-state index is 12.9. The van der Waals surface area contributed by atoms with Crippen LogP contribution in [0.15, 0.2) is 109 Å². The summed E-state index contributed by atoms with van der Waals surface area (Å²) >= 11 is 0. The fourth-order valence-electron chi connectivity index (χ4n) is 8.32. The summed E-state index contributed by atoms with van der Waals surface area (Å²) < 4.78 is 22.7. The van der Waals surface area contributed by atoms with Gasteiger partial charge in [-0.3, -0.25) is 9.59 Å². The lowest BCUT2D eigenvalue weighted by Crippen LogP contribution is -2.44. The number of esters is 2. The molecule has 0 aliphatic heterocycles. The molecule has 0 bridgehead atoms. The molecule has 2 unspecified atom stereocenters. The molecule has 0 heterocycles. The quantitative estimate of drug-likeness (QED) is 0.0195. The predicted molar refractivity (Wildman–Crippen MR) is 324 cm³/mol. The molecule has 0 aromatic carbocycles. The number of hydrogen-bond acceptors (Lipinski definition) is 8. The zero-order valence-electron chi connectivity index (χ0n) is 50.0. The number of quaternary nitrogens is 1. The second-order valence-corrected chi connectivity index (χ2v) is 21.6. The summed E-state index contributed by atoms with van der Waals surface area (Å²) in [5, 5.41) is 11.8. The first-order valence-electron chi connectivity index (χ1n) is 31.0. The average molecular weight is 1070 g/mol. The van der Waals surface area contributed by atoms with Gasteiger partial charge in [-0.15, -0.1) is 0 Å². The topological polar surface area (TPSA) is 111 Å². The van der Waals surface area contributed by atoms with Crippen molar-refractivity contribution < 1.29 is 42.9 Å². The van der Waals surface area contributed by atoms with Crippen LogP contribution < -0.4 is 5.11 Å². The molecule has 0 N–H and O–H groups in total. The van der Waals surface area contributed by atoms with Crippen LogP contribution in [0.5, 0.6) is 0 Å². The van der Waals surface area contributed by atoms with Gasteiger partial charge in [0.25, 0.3) is 0 Å². The van der Waals surface area contributed by atoms with Gasteiger partial charge in [-0.25, -0.2) is 0 Å². The van der Waals surface area contributed by atoms with Crippen LogP contribution in [0.4, 0.5) is 0 Å². The number of aliphatic carboxylic acids is 1. The number of hydrogen-bond donors (Lipinski definition) is 0. The van der Waals surface area contributed by atoms with Crippen molar-refractivity contribution in [3.8, 4) is 0 Å². The molecular weight excluding hydrogens is 959 g/mol. The highest BCUT2D eigenvalue weighted by atomic mass is 16.7. The lowest BCUT2D eigenvalue weighted by Gasteiger charge is -2.26. The van der Waals surface area contributed by atoms with Gasteiger partial charge in [0.2, 0.25) is 0 Å². The summed E-state index contributed by atoms with van der Waals surface area (Å²) in [6.45, 7) is 4.50. The van der Waals surface area contributed by atoms with Crippen molar-refractivity contribution in [1.29, 1.82) is 0 Å². The summed E-state index contributed by atoms with van der Waals surface area (Å²) in [5.74, 6) is -2.31. The number of likely N-dealkylation sites (N-methyl/N-ethyl adjacent to an activating group) is 1. The van der Waals surface area contributed by atoms with Gasteiger partial charge >= 0.3 is 11.9 Å². The van der Waals surface area contributed by atoms with Crippen LogP contribution in [-0.2, 0) is 33.3 Å². The van der Waals surface area contributed by atoms with Gasteiger partial charge < -0.3 is 33.3 Å². The van der Waals surface area contributed by atoms with E-state index in [9.17, 15) is 19.5 Å². The van der Waals surface area contributed by atoms with Crippen LogP contribution in [0.1, 0.15) is 245 Å². The minimum atomic E-state index is -1.63. The number of carbonyl (C=O) groups is 3. The first-order chi connectivity index (χ1) is 37.6. The van der Waals surface area contributed by atoms with Crippen LogP contribution in [0.25, 0.3) is 0 Å². The number of carbonyl (C=O) groups excluding carboxylic acids is 3. The summed E-state index contributed by atoms with van der Waals surface area (Å²) in [7, 11) is 5.91. The van der Waals surface area contributed by atoms with Crippen molar-refractivity contribution in [2.75, 3.05) is 47.5 Å². The third kappa shape index (κ3) is 59.5. The van der Waals surface area contributed by atoms with Crippen LogP contribution >= 0.6 is 0 Å². The van der Waals surface area contributed by atoms with E-state index in [4.69, 9.17) is 18.9 Å². The lowest BCUT2D eigenvalue weighted by atomic mass is 10.0. The van der Waals surface area contributed by atoms with Crippen molar-refractivity contribution in [3.05, 3.63) is 109 Å². The molecule has 9 nitrogen and oxygen atoms in total. The normalized spacial score (nSPS) is 13.5. The fourth-order valence-corrected chi connectivity index (χ4v) is 8.32. The van der Waals surface area contributed by atoms with Crippen molar-refractivity contribution in [1.82, 2.24) is 0 Å². The van der Waals surface area contributed by atoms with E-state index in [1.54, 1.807) is 0 Å². The fraction of sp³-hybridized carbons (Fsp3) is 0.691. The summed E-state index contributed by atoms with van der Waals surface area (Å²) in [6, 6.07) is 0. The van der Waals surface area contributed by atoms with E-state index in [1.807, 2.05) is 21.1 Å². The third-order valence-corrected chi connectivity index (χ3v) is 13.0. The van der Waals surface area contributed by atoms with Gasteiger partial charge in [-0.05, 0) is 96.3 Å². The van der Waals surface area contributed by atoms with Crippen LogP contribution in [-0.4, -0.2) is 82.3 Å². The predicted octanol–water partition coefficient (Wildman–Crippen LogP) is 17.3. The maximum absolute atomic E-state index is 12.9. The Balaban J connectivity index is 4.18. The molecule has 0 aliphatic carbocycles. The molecule has 440 valence electrons. The molecule has 0 saturated carbocycles. The second-order valence-electron chi connectivity index (χ2n) is 21.6. The number of carboxylic acid groups (broad SMARTS) is 1. The molecule has 0 saturated heterocycles. The van der Waals surface area contributed by atoms with E-state index in [2.05, 4.69) is 123 Å². The van der Waals surface area contributed by atoms with Crippen LogP contribution in [0.3, 0.4) is 0 Å². The number of carboxylic acids is 1. The van der Waals surface area contributed by atoms with Gasteiger partial charge in [-0.1, -0.05) is 245 Å². The smallest absolute Gasteiger partial charge is 0.306 e. The summed E-state index contributed by atoms with van der Waals surface area (Å²) in [6.07, 6.45) is 77.2. The highest BCUT2D eigenvalue weighted by molar-refractivity contribution is 5.70. The molecule has 0 fully saturated rings. The van der Waals surface area contributed by atoms with Crippen molar-refractivity contribution in [2.45, 2.75) is 257 Å². The van der Waals surface area contributed by atoms with Crippen molar-refractivity contribution in [2.24, 2.45) is 0 Å². The molecule has 0 rings (SSSR count). The first kappa shape index (κ1) is 73.0. The molecule has 0 aromatic heterocycles. The number of nitrogens with zero attached hydrogens (tertiary/aromatic N) is 1. The zero-order valence-corrected chi connectivity index (χ0v) is 50.0. The average Bonchev–Trinajstić information content (AvgIpc) is 3.40. The van der Waals surface area contributed by atoms with Crippen molar-refractivity contribution in [3.63, 3.8) is 0 Å². The van der Waals surface area contributed by atoms with E-state index >= 15 is 0 Å². The molecule has 0 aromatic rings. The third-order valence-electron chi connectivity index (χ3n) is 13.0. The van der Waals surface area contributed by atoms with Crippen LogP contribution in [0.2, 0.25) is 0 Å². The molecule has 9 heteroatoms. The molecule has 77 heavy (non-hydrogen) atoms. The van der Waals surface area contributed by atoms with E-state index in [-0.39, 0.29) is 38.6 Å². The second kappa shape index (κ2) is 58.1. The van der Waals surface area contributed by atoms with Crippen molar-refractivity contribution >= 4 is 17.9 Å². The summed E-state index contributed by atoms with van der Waals surface area (Å²) in [4.78, 5) is 37.4. The molecule has 0 aliphatic rings. The number of rotatable bonds is 56. The Bertz CT molecular complexity index is 1630. The maximum Gasteiger partial charge on any atom is 0.306 e. The molecule has 0 radical (unpaired) electrons. The lowest BCUT2D eigenvalue weighted by molar-refractivity contribution is -0.870. The Labute approximate surface area is 473 Å². The highest BCUT2D eigenvalue weighted by Crippen LogP contribution is 2.16. The van der Waals surface area contributed by atoms with Gasteiger partial charge in [-0.2, -0.15) is 0 Å². The van der Waals surface area contributed by atoms with Gasteiger partial charge in [0.05, 0.1) is 40.3 Å². The Kier molecular flexibility index (Phi) is 55.1. The highest BCUT2D eigenvalue weighted by Gasteiger charge is 2.22. The first-order valence-corrected chi connectivity index (χ1v) is 31.0. The largest absolute Gasteiger partial charge is 0.545 e. The van der Waals surface area contributed by atoms with E-state index in [0.717, 1.165) is 109 Å². The van der Waals surface area contributed by atoms with Gasteiger partial charge in [0.15, 0.2) is 12.4 Å². The van der Waals surface area contributed by atoms with Gasteiger partial charge in [0, 0.05) is 12.8 Å².